The number of aryl methyl sites for hydroxylation is 1. The molecule has 1 aromatic carbocycles. The third-order valence-corrected chi connectivity index (χ3v) is 4.44. The number of nitrogens with two attached hydrogens (primary N) is 1. The van der Waals surface area contributed by atoms with Crippen LogP contribution in [0.3, 0.4) is 0 Å². The van der Waals surface area contributed by atoms with Crippen LogP contribution < -0.4 is 16.4 Å². The van der Waals surface area contributed by atoms with E-state index in [0.29, 0.717) is 12.2 Å². The summed E-state index contributed by atoms with van der Waals surface area (Å²) in [6.07, 6.45) is 5.59. The highest BCUT2D eigenvalue weighted by atomic mass is 16.1. The van der Waals surface area contributed by atoms with Crippen molar-refractivity contribution in [3.05, 3.63) is 29.8 Å². The number of aromatic nitrogens is 1. The van der Waals surface area contributed by atoms with Gasteiger partial charge >= 0.3 is 0 Å². The number of nitrogen functional groups attached to an aromatic ring is 1. The van der Waals surface area contributed by atoms with Crippen LogP contribution in [0.4, 0.5) is 11.5 Å². The lowest BCUT2D eigenvalue weighted by atomic mass is 10.0. The van der Waals surface area contributed by atoms with Crippen LogP contribution in [0.1, 0.15) is 65.4 Å². The van der Waals surface area contributed by atoms with Gasteiger partial charge in [-0.2, -0.15) is 0 Å². The van der Waals surface area contributed by atoms with Gasteiger partial charge in [0.25, 0.3) is 0 Å². The molecule has 5 nitrogen and oxygen atoms in total. The first-order chi connectivity index (χ1) is 12.8. The van der Waals surface area contributed by atoms with Crippen LogP contribution >= 0.6 is 0 Å². The average molecular weight is 371 g/mol. The van der Waals surface area contributed by atoms with E-state index in [9.17, 15) is 4.79 Å². The Labute approximate surface area is 163 Å². The van der Waals surface area contributed by atoms with E-state index < -0.39 is 0 Å². The summed E-state index contributed by atoms with van der Waals surface area (Å²) in [6.45, 7) is 9.09. The molecule has 0 bridgehead atoms. The fraction of sp³-hybridized carbons (Fsp3) is 0.545. The molecule has 2 rings (SSSR count). The Kier molecular flexibility index (Phi) is 7.45. The molecule has 1 amide bonds. The highest BCUT2D eigenvalue weighted by Gasteiger charge is 2.13. The second kappa shape index (κ2) is 9.58. The second-order valence-electron chi connectivity index (χ2n) is 8.19. The number of fused-ring (bicyclic) bond motifs is 1. The molecule has 27 heavy (non-hydrogen) atoms. The lowest BCUT2D eigenvalue weighted by molar-refractivity contribution is -0.122. The molecule has 0 aliphatic rings. The monoisotopic (exact) mass is 370 g/mol. The van der Waals surface area contributed by atoms with Crippen molar-refractivity contribution in [3.63, 3.8) is 0 Å². The molecule has 0 saturated heterocycles. The lowest BCUT2D eigenvalue weighted by Crippen LogP contribution is -2.40. The van der Waals surface area contributed by atoms with Crippen LogP contribution in [0.5, 0.6) is 0 Å². The topological polar surface area (TPSA) is 80.0 Å². The predicted molar refractivity (Wildman–Crippen MR) is 115 cm³/mol. The third kappa shape index (κ3) is 6.74. The van der Waals surface area contributed by atoms with Gasteiger partial charge in [0.05, 0.1) is 11.2 Å². The first kappa shape index (κ1) is 21.0. The minimum absolute atomic E-state index is 0.122. The van der Waals surface area contributed by atoms with E-state index in [1.165, 1.54) is 5.56 Å². The number of carbonyl (C=O) groups excluding carboxylic acids is 1. The van der Waals surface area contributed by atoms with Gasteiger partial charge < -0.3 is 16.4 Å². The first-order valence-electron chi connectivity index (χ1n) is 10.0. The van der Waals surface area contributed by atoms with Gasteiger partial charge in [-0.05, 0) is 64.2 Å². The van der Waals surface area contributed by atoms with Crippen molar-refractivity contribution in [1.82, 2.24) is 10.3 Å². The van der Waals surface area contributed by atoms with E-state index in [2.05, 4.69) is 34.7 Å². The zero-order valence-corrected chi connectivity index (χ0v) is 17.2. The Morgan fingerprint density at radius 1 is 1.19 bits per heavy atom. The van der Waals surface area contributed by atoms with Gasteiger partial charge in [0.1, 0.15) is 5.82 Å². The fourth-order valence-electron chi connectivity index (χ4n) is 3.11. The smallest absolute Gasteiger partial charge is 0.220 e. The van der Waals surface area contributed by atoms with Crippen molar-refractivity contribution < 1.29 is 4.79 Å². The minimum atomic E-state index is -0.167. The highest BCUT2D eigenvalue weighted by Crippen LogP contribution is 2.26. The number of amides is 1. The molecule has 0 spiro atoms. The van der Waals surface area contributed by atoms with Crippen LogP contribution in [0.15, 0.2) is 24.3 Å². The summed E-state index contributed by atoms with van der Waals surface area (Å²) in [5, 5.41) is 7.55. The Morgan fingerprint density at radius 2 is 1.96 bits per heavy atom. The van der Waals surface area contributed by atoms with E-state index >= 15 is 0 Å². The molecular formula is C22H34N4O. The van der Waals surface area contributed by atoms with Crippen LogP contribution in [0.25, 0.3) is 10.9 Å². The first-order valence-corrected chi connectivity index (χ1v) is 10.0. The van der Waals surface area contributed by atoms with Crippen molar-refractivity contribution in [2.75, 3.05) is 17.6 Å². The van der Waals surface area contributed by atoms with Crippen molar-refractivity contribution in [2.45, 2.75) is 71.8 Å². The molecule has 0 radical (unpaired) electrons. The standard InChI is InChI=1S/C22H34N4O/c1-5-6-14-24-19-15-17-16(11-9-12-18(17)25-21(19)23)10-7-8-13-20(27)26-22(2,3)4/h9,11-12,15,24H,5-8,10,13-14H2,1-4H3,(H2,23,25)(H,26,27). The van der Waals surface area contributed by atoms with Gasteiger partial charge in [0.15, 0.2) is 0 Å². The van der Waals surface area contributed by atoms with E-state index in [0.717, 1.165) is 55.2 Å². The maximum Gasteiger partial charge on any atom is 0.220 e. The molecule has 0 saturated carbocycles. The molecule has 1 heterocycles. The SMILES string of the molecule is CCCCNc1cc2c(CCCCC(=O)NC(C)(C)C)cccc2nc1N. The molecule has 0 fully saturated rings. The van der Waals surface area contributed by atoms with Crippen LogP contribution in [-0.4, -0.2) is 23.0 Å². The van der Waals surface area contributed by atoms with Gasteiger partial charge in [0, 0.05) is 23.9 Å². The number of carbonyl (C=O) groups is 1. The van der Waals surface area contributed by atoms with Crippen LogP contribution in [-0.2, 0) is 11.2 Å². The van der Waals surface area contributed by atoms with E-state index in [-0.39, 0.29) is 11.4 Å². The lowest BCUT2D eigenvalue weighted by Gasteiger charge is -2.20. The number of unbranched alkanes of at least 4 members (excludes halogenated alkanes) is 2. The van der Waals surface area contributed by atoms with Gasteiger partial charge in [-0.15, -0.1) is 0 Å². The Balaban J connectivity index is 2.00. The quantitative estimate of drug-likeness (QED) is 0.561. The number of benzene rings is 1. The molecule has 148 valence electrons. The summed E-state index contributed by atoms with van der Waals surface area (Å²) in [7, 11) is 0. The number of nitrogens with zero attached hydrogens (tertiary/aromatic N) is 1. The minimum Gasteiger partial charge on any atom is -0.382 e. The Morgan fingerprint density at radius 3 is 2.67 bits per heavy atom. The van der Waals surface area contributed by atoms with Gasteiger partial charge in [-0.1, -0.05) is 25.5 Å². The summed E-state index contributed by atoms with van der Waals surface area (Å²) < 4.78 is 0. The number of pyridine rings is 1. The molecule has 0 aliphatic heterocycles. The second-order valence-corrected chi connectivity index (χ2v) is 8.19. The number of hydrogen-bond donors (Lipinski definition) is 3. The summed E-state index contributed by atoms with van der Waals surface area (Å²) in [6, 6.07) is 8.29. The van der Waals surface area contributed by atoms with E-state index in [1.54, 1.807) is 0 Å². The molecule has 2 aromatic rings. The van der Waals surface area contributed by atoms with E-state index in [4.69, 9.17) is 5.73 Å². The summed E-state index contributed by atoms with van der Waals surface area (Å²) >= 11 is 0. The summed E-state index contributed by atoms with van der Waals surface area (Å²) in [4.78, 5) is 16.5. The average Bonchev–Trinajstić information content (AvgIpc) is 2.58. The molecule has 0 unspecified atom stereocenters. The fourth-order valence-corrected chi connectivity index (χ4v) is 3.11. The van der Waals surface area contributed by atoms with Crippen molar-refractivity contribution >= 4 is 28.3 Å². The molecule has 5 heteroatoms. The van der Waals surface area contributed by atoms with Gasteiger partial charge in [-0.25, -0.2) is 4.98 Å². The van der Waals surface area contributed by atoms with Crippen molar-refractivity contribution in [2.24, 2.45) is 0 Å². The highest BCUT2D eigenvalue weighted by molar-refractivity contribution is 5.88. The molecule has 0 aliphatic carbocycles. The molecular weight excluding hydrogens is 336 g/mol. The zero-order chi connectivity index (χ0) is 19.9. The number of hydrogen-bond acceptors (Lipinski definition) is 4. The van der Waals surface area contributed by atoms with Crippen molar-refractivity contribution in [3.8, 4) is 0 Å². The number of rotatable bonds is 9. The maximum absolute atomic E-state index is 11.9. The zero-order valence-electron chi connectivity index (χ0n) is 17.2. The van der Waals surface area contributed by atoms with Gasteiger partial charge in [-0.3, -0.25) is 4.79 Å². The Bertz CT molecular complexity index is 765. The Hall–Kier alpha value is -2.30. The normalized spacial score (nSPS) is 11.6. The summed E-state index contributed by atoms with van der Waals surface area (Å²) in [5.74, 6) is 0.673. The number of nitrogens with one attached hydrogen (secondary N) is 2. The molecule has 1 aromatic heterocycles. The maximum atomic E-state index is 11.9. The van der Waals surface area contributed by atoms with Crippen LogP contribution in [0, 0.1) is 0 Å². The largest absolute Gasteiger partial charge is 0.382 e. The summed E-state index contributed by atoms with van der Waals surface area (Å²) in [5.41, 5.74) is 9.04. The third-order valence-electron chi connectivity index (χ3n) is 4.44. The van der Waals surface area contributed by atoms with Crippen LogP contribution in [0.2, 0.25) is 0 Å². The molecule has 0 atom stereocenters. The predicted octanol–water partition coefficient (Wildman–Crippen LogP) is 4.66. The van der Waals surface area contributed by atoms with Gasteiger partial charge in [0.2, 0.25) is 5.91 Å². The molecule has 4 N–H and O–H groups in total. The van der Waals surface area contributed by atoms with Crippen molar-refractivity contribution in [1.29, 1.82) is 0 Å². The number of anilines is 2. The van der Waals surface area contributed by atoms with E-state index in [1.807, 2.05) is 32.9 Å².